The molecule has 0 aromatic carbocycles. The zero-order chi connectivity index (χ0) is 16.0. The van der Waals surface area contributed by atoms with E-state index in [2.05, 4.69) is 10.6 Å². The molecule has 0 aliphatic carbocycles. The van der Waals surface area contributed by atoms with Gasteiger partial charge in [0.15, 0.2) is 0 Å². The van der Waals surface area contributed by atoms with Gasteiger partial charge in [-0.25, -0.2) is 4.79 Å². The van der Waals surface area contributed by atoms with E-state index in [0.29, 0.717) is 38.9 Å². The number of imide groups is 1. The smallest absolute Gasteiger partial charge is 0.321 e. The van der Waals surface area contributed by atoms with E-state index in [4.69, 9.17) is 0 Å². The van der Waals surface area contributed by atoms with Crippen molar-refractivity contribution in [3.05, 3.63) is 0 Å². The Morgan fingerprint density at radius 2 is 1.81 bits per heavy atom. The van der Waals surface area contributed by atoms with E-state index in [0.717, 1.165) is 0 Å². The second-order valence-corrected chi connectivity index (χ2v) is 5.50. The van der Waals surface area contributed by atoms with E-state index in [-0.39, 0.29) is 5.91 Å². The first-order valence-electron chi connectivity index (χ1n) is 7.42. The van der Waals surface area contributed by atoms with Crippen LogP contribution in [0.5, 0.6) is 0 Å². The maximum absolute atomic E-state index is 12.0. The quantitative estimate of drug-likeness (QED) is 0.697. The van der Waals surface area contributed by atoms with Crippen LogP contribution in [-0.2, 0) is 9.59 Å². The molecule has 0 bridgehead atoms. The summed E-state index contributed by atoms with van der Waals surface area (Å²) in [5, 5.41) is 14.1. The third kappa shape index (κ3) is 4.17. The molecular formula is C14H25N3O4. The highest BCUT2D eigenvalue weighted by Crippen LogP contribution is 2.35. The Bertz CT molecular complexity index is 403. The number of carboxylic acid groups (broad SMARTS) is 1. The third-order valence-electron chi connectivity index (χ3n) is 4.39. The van der Waals surface area contributed by atoms with Gasteiger partial charge in [0, 0.05) is 19.6 Å². The second-order valence-electron chi connectivity index (χ2n) is 5.50. The van der Waals surface area contributed by atoms with Gasteiger partial charge in [0.2, 0.25) is 5.91 Å². The number of carboxylic acids is 1. The number of amides is 3. The van der Waals surface area contributed by atoms with Crippen LogP contribution in [0.15, 0.2) is 0 Å². The molecule has 1 unspecified atom stereocenters. The van der Waals surface area contributed by atoms with Crippen molar-refractivity contribution < 1.29 is 19.5 Å². The van der Waals surface area contributed by atoms with Gasteiger partial charge < -0.3 is 10.4 Å². The van der Waals surface area contributed by atoms with Crippen molar-refractivity contribution in [2.75, 3.05) is 19.6 Å². The molecule has 0 saturated carbocycles. The number of nitrogens with zero attached hydrogens (tertiary/aromatic N) is 1. The number of rotatable bonds is 5. The second kappa shape index (κ2) is 7.40. The summed E-state index contributed by atoms with van der Waals surface area (Å²) in [6.07, 6.45) is 1.64. The van der Waals surface area contributed by atoms with Gasteiger partial charge in [0.05, 0.1) is 11.5 Å². The summed E-state index contributed by atoms with van der Waals surface area (Å²) in [5.74, 6) is -1.12. The van der Waals surface area contributed by atoms with Crippen molar-refractivity contribution in [3.8, 4) is 0 Å². The molecule has 7 heteroatoms. The lowest BCUT2D eigenvalue weighted by molar-refractivity contribution is -0.152. The summed E-state index contributed by atoms with van der Waals surface area (Å²) in [6, 6.07) is -0.948. The zero-order valence-electron chi connectivity index (χ0n) is 12.9. The lowest BCUT2D eigenvalue weighted by atomic mass is 9.76. The van der Waals surface area contributed by atoms with Crippen LogP contribution in [0.4, 0.5) is 4.79 Å². The fourth-order valence-corrected chi connectivity index (χ4v) is 2.64. The van der Waals surface area contributed by atoms with Crippen molar-refractivity contribution in [3.63, 3.8) is 0 Å². The topological polar surface area (TPSA) is 98.7 Å². The molecule has 0 radical (unpaired) electrons. The Kier molecular flexibility index (Phi) is 6.14. The van der Waals surface area contributed by atoms with E-state index >= 15 is 0 Å². The Hall–Kier alpha value is -1.63. The van der Waals surface area contributed by atoms with Crippen LogP contribution in [0.2, 0.25) is 0 Å². The molecule has 0 aromatic heterocycles. The van der Waals surface area contributed by atoms with Gasteiger partial charge in [0.25, 0.3) is 0 Å². The standard InChI is InChI=1S/C14H25N3O4/c1-4-14(12(19)20)6-8-17(9-7-14)10(3)11(18)16-13(21)15-5-2/h10H,4-9H2,1-3H3,(H,19,20)(H2,15,16,18,21). The largest absolute Gasteiger partial charge is 0.481 e. The molecule has 1 atom stereocenters. The number of carbonyl (C=O) groups is 3. The Morgan fingerprint density at radius 1 is 1.24 bits per heavy atom. The van der Waals surface area contributed by atoms with Crippen molar-refractivity contribution in [1.82, 2.24) is 15.5 Å². The summed E-state index contributed by atoms with van der Waals surface area (Å²) >= 11 is 0. The van der Waals surface area contributed by atoms with Crippen molar-refractivity contribution in [1.29, 1.82) is 0 Å². The van der Waals surface area contributed by atoms with Crippen molar-refractivity contribution in [2.45, 2.75) is 46.1 Å². The van der Waals surface area contributed by atoms with Gasteiger partial charge in [-0.3, -0.25) is 19.8 Å². The van der Waals surface area contributed by atoms with Gasteiger partial charge in [-0.2, -0.15) is 0 Å². The molecule has 1 aliphatic heterocycles. The molecule has 1 rings (SSSR count). The Labute approximate surface area is 125 Å². The monoisotopic (exact) mass is 299 g/mol. The number of carbonyl (C=O) groups excluding carboxylic acids is 2. The number of nitrogens with one attached hydrogen (secondary N) is 2. The van der Waals surface area contributed by atoms with Gasteiger partial charge in [-0.05, 0) is 33.1 Å². The van der Waals surface area contributed by atoms with Crippen LogP contribution < -0.4 is 10.6 Å². The maximum atomic E-state index is 12.0. The molecule has 3 N–H and O–H groups in total. The summed E-state index contributed by atoms with van der Waals surface area (Å²) in [4.78, 5) is 36.6. The maximum Gasteiger partial charge on any atom is 0.321 e. The van der Waals surface area contributed by atoms with Gasteiger partial charge >= 0.3 is 12.0 Å². The molecule has 1 aliphatic rings. The average Bonchev–Trinajstić information content (AvgIpc) is 2.46. The Morgan fingerprint density at radius 3 is 2.24 bits per heavy atom. The van der Waals surface area contributed by atoms with Crippen LogP contribution in [-0.4, -0.2) is 53.6 Å². The minimum atomic E-state index is -0.760. The third-order valence-corrected chi connectivity index (χ3v) is 4.39. The zero-order valence-corrected chi connectivity index (χ0v) is 12.9. The molecule has 3 amide bonds. The fourth-order valence-electron chi connectivity index (χ4n) is 2.64. The van der Waals surface area contributed by atoms with Crippen LogP contribution >= 0.6 is 0 Å². The molecular weight excluding hydrogens is 274 g/mol. The molecule has 7 nitrogen and oxygen atoms in total. The van der Waals surface area contributed by atoms with Crippen LogP contribution in [0.3, 0.4) is 0 Å². The van der Waals surface area contributed by atoms with Gasteiger partial charge in [-0.1, -0.05) is 6.92 Å². The molecule has 21 heavy (non-hydrogen) atoms. The number of aliphatic carboxylic acids is 1. The molecule has 1 saturated heterocycles. The minimum Gasteiger partial charge on any atom is -0.481 e. The predicted octanol–water partition coefficient (Wildman–Crippen LogP) is 0.797. The highest BCUT2D eigenvalue weighted by Gasteiger charge is 2.41. The van der Waals surface area contributed by atoms with E-state index in [1.165, 1.54) is 0 Å². The number of piperidine rings is 1. The van der Waals surface area contributed by atoms with E-state index < -0.39 is 23.5 Å². The number of hydrogen-bond acceptors (Lipinski definition) is 4. The highest BCUT2D eigenvalue weighted by atomic mass is 16.4. The highest BCUT2D eigenvalue weighted by molar-refractivity contribution is 5.96. The minimum absolute atomic E-state index is 0.361. The number of likely N-dealkylation sites (tertiary alicyclic amines) is 1. The van der Waals surface area contributed by atoms with Gasteiger partial charge in [0.1, 0.15) is 0 Å². The summed E-state index contributed by atoms with van der Waals surface area (Å²) < 4.78 is 0. The SMILES string of the molecule is CCNC(=O)NC(=O)C(C)N1CCC(CC)(C(=O)O)CC1. The number of urea groups is 1. The molecule has 0 aromatic rings. The summed E-state index contributed by atoms with van der Waals surface area (Å²) in [6.45, 7) is 6.93. The molecule has 0 spiro atoms. The predicted molar refractivity (Wildman–Crippen MR) is 77.8 cm³/mol. The summed E-state index contributed by atoms with van der Waals surface area (Å²) in [5.41, 5.74) is -0.674. The van der Waals surface area contributed by atoms with Crippen LogP contribution in [0, 0.1) is 5.41 Å². The Balaban J connectivity index is 2.55. The van der Waals surface area contributed by atoms with E-state index in [1.807, 2.05) is 11.8 Å². The normalized spacial score (nSPS) is 19.6. The van der Waals surface area contributed by atoms with Crippen LogP contribution in [0.25, 0.3) is 0 Å². The first-order chi connectivity index (χ1) is 9.86. The first kappa shape index (κ1) is 17.4. The molecule has 1 heterocycles. The average molecular weight is 299 g/mol. The molecule has 1 fully saturated rings. The summed E-state index contributed by atoms with van der Waals surface area (Å²) in [7, 11) is 0. The lowest BCUT2D eigenvalue weighted by Crippen LogP contribution is -2.53. The first-order valence-corrected chi connectivity index (χ1v) is 7.42. The van der Waals surface area contributed by atoms with E-state index in [1.54, 1.807) is 13.8 Å². The van der Waals surface area contributed by atoms with E-state index in [9.17, 15) is 19.5 Å². The van der Waals surface area contributed by atoms with Crippen molar-refractivity contribution >= 4 is 17.9 Å². The fraction of sp³-hybridized carbons (Fsp3) is 0.786. The number of hydrogen-bond donors (Lipinski definition) is 3. The lowest BCUT2D eigenvalue weighted by Gasteiger charge is -2.40. The van der Waals surface area contributed by atoms with Crippen molar-refractivity contribution in [2.24, 2.45) is 5.41 Å². The van der Waals surface area contributed by atoms with Gasteiger partial charge in [-0.15, -0.1) is 0 Å². The molecule has 120 valence electrons. The van der Waals surface area contributed by atoms with Crippen LogP contribution in [0.1, 0.15) is 40.0 Å².